The summed E-state index contributed by atoms with van der Waals surface area (Å²) in [5.74, 6) is 0. The van der Waals surface area contributed by atoms with E-state index in [2.05, 4.69) is 0 Å². The number of alkyl halides is 24. The highest BCUT2D eigenvalue weighted by Crippen LogP contribution is 2.51. The minimum absolute atomic E-state index is 0.125. The first-order valence-corrected chi connectivity index (χ1v) is 28.0. The summed E-state index contributed by atoms with van der Waals surface area (Å²) in [5, 5.41) is 10.1. The van der Waals surface area contributed by atoms with Gasteiger partial charge in [-0.2, -0.15) is 111 Å². The van der Waals surface area contributed by atoms with E-state index < -0.39 is 144 Å². The second kappa shape index (κ2) is 22.6. The van der Waals surface area contributed by atoms with Crippen LogP contribution in [-0.4, -0.2) is 9.13 Å². The van der Waals surface area contributed by atoms with Crippen molar-refractivity contribution in [1.29, 1.82) is 5.26 Å². The molecule has 0 spiro atoms. The fourth-order valence-electron chi connectivity index (χ4n) is 12.2. The topological polar surface area (TPSA) is 33.6 Å². The van der Waals surface area contributed by atoms with Crippen LogP contribution in [0, 0.1) is 18.3 Å². The van der Waals surface area contributed by atoms with E-state index in [1.807, 2.05) is 6.07 Å². The molecule has 0 atom stereocenters. The van der Waals surface area contributed by atoms with Crippen molar-refractivity contribution in [3.63, 3.8) is 0 Å². The normalized spacial score (nSPS) is 13.2. The van der Waals surface area contributed by atoms with Gasteiger partial charge in [0.15, 0.2) is 0 Å². The lowest BCUT2D eigenvalue weighted by molar-refractivity contribution is -0.144. The first kappa shape index (κ1) is 66.6. The van der Waals surface area contributed by atoms with Crippen molar-refractivity contribution in [3.05, 3.63) is 238 Å². The molecule has 0 saturated heterocycles. The van der Waals surface area contributed by atoms with Gasteiger partial charge in [0, 0.05) is 27.1 Å². The largest absolute Gasteiger partial charge is 0.417 e. The van der Waals surface area contributed by atoms with Crippen LogP contribution in [-0.2, 0) is 49.4 Å². The minimum atomic E-state index is -5.52. The Labute approximate surface area is 528 Å². The van der Waals surface area contributed by atoms with Gasteiger partial charge in [-0.05, 0) is 172 Å². The van der Waals surface area contributed by atoms with E-state index in [1.165, 1.54) is 40.3 Å². The summed E-state index contributed by atoms with van der Waals surface area (Å²) >= 11 is 0. The van der Waals surface area contributed by atoms with Gasteiger partial charge in [0.2, 0.25) is 0 Å². The first-order chi connectivity index (χ1) is 45.0. The van der Waals surface area contributed by atoms with Crippen LogP contribution in [0.1, 0.15) is 55.6 Å². The molecule has 0 radical (unpaired) electrons. The highest BCUT2D eigenvalue weighted by Gasteiger charge is 2.43. The Kier molecular flexibility index (Phi) is 15.5. The van der Waals surface area contributed by atoms with Gasteiger partial charge in [0.25, 0.3) is 0 Å². The van der Waals surface area contributed by atoms with E-state index in [0.29, 0.717) is 48.5 Å². The SMILES string of the molecule is Cc1ccc(-c2ccc3c(c2)c2cc(-c4ccc(C(F)(F)F)cc4C(F)(F)F)ccc2n3-c2cc(C#N)cc(-n3c4ccc(-c5ccc(C(F)(F)F)cc5C(F)(F)F)cc4c4cc(-c5ccc(C(F)(F)F)cc5C(F)(F)F)ccc43)c2-c2cccc(C(F)(F)F)c2)c(C(F)(F)F)c1. The highest BCUT2D eigenvalue weighted by molar-refractivity contribution is 6.15. The second-order valence-electron chi connectivity index (χ2n) is 22.5. The molecule has 0 amide bonds. The number of nitrogens with zero attached hydrogens (tertiary/aromatic N) is 3. The number of aromatic nitrogens is 2. The molecule has 3 nitrogen and oxygen atoms in total. The molecule has 0 unspecified atom stereocenters. The molecule has 496 valence electrons. The zero-order chi connectivity index (χ0) is 70.4. The number of fused-ring (bicyclic) bond motifs is 6. The molecule has 0 saturated carbocycles. The molecular weight excluding hydrogens is 1340 g/mol. The van der Waals surface area contributed by atoms with Crippen molar-refractivity contribution in [2.45, 2.75) is 56.3 Å². The number of benzene rings is 10. The zero-order valence-corrected chi connectivity index (χ0v) is 48.2. The Hall–Kier alpha value is -10.4. The van der Waals surface area contributed by atoms with Gasteiger partial charge in [-0.3, -0.25) is 0 Å². The average molecular weight is 1370 g/mol. The Morgan fingerprint density at radius 3 is 0.856 bits per heavy atom. The maximum absolute atomic E-state index is 15.1. The van der Waals surface area contributed by atoms with Gasteiger partial charge in [-0.15, -0.1) is 0 Å². The summed E-state index contributed by atoms with van der Waals surface area (Å²) in [6, 6.07) is 25.4. The molecule has 27 heteroatoms. The molecule has 0 aliphatic carbocycles. The molecule has 2 heterocycles. The maximum Gasteiger partial charge on any atom is 0.417 e. The van der Waals surface area contributed by atoms with Crippen LogP contribution < -0.4 is 0 Å². The Balaban J connectivity index is 1.23. The number of rotatable bonds is 7. The third-order valence-electron chi connectivity index (χ3n) is 16.4. The van der Waals surface area contributed by atoms with Gasteiger partial charge in [-0.1, -0.05) is 72.3 Å². The summed E-state index contributed by atoms with van der Waals surface area (Å²) < 4.78 is 353. The lowest BCUT2D eigenvalue weighted by atomic mass is 9.94. The van der Waals surface area contributed by atoms with Crippen LogP contribution in [0.4, 0.5) is 105 Å². The van der Waals surface area contributed by atoms with Gasteiger partial charge in [-0.25, -0.2) is 0 Å². The van der Waals surface area contributed by atoms with Crippen molar-refractivity contribution in [2.75, 3.05) is 0 Å². The molecule has 2 aromatic heterocycles. The van der Waals surface area contributed by atoms with E-state index in [9.17, 15) is 97.5 Å². The van der Waals surface area contributed by atoms with Crippen molar-refractivity contribution in [3.8, 4) is 73.1 Å². The van der Waals surface area contributed by atoms with E-state index in [-0.39, 0.29) is 89.9 Å². The van der Waals surface area contributed by atoms with Crippen molar-refractivity contribution in [2.24, 2.45) is 0 Å². The van der Waals surface area contributed by atoms with E-state index in [1.54, 1.807) is 0 Å². The predicted octanol–water partition coefficient (Wildman–Crippen LogP) is 24.5. The summed E-state index contributed by atoms with van der Waals surface area (Å²) in [5.41, 5.74) is -20.4. The molecule has 0 N–H and O–H groups in total. The third kappa shape index (κ3) is 12.2. The molecule has 0 aliphatic heterocycles. The maximum atomic E-state index is 15.1. The van der Waals surface area contributed by atoms with Crippen LogP contribution >= 0.6 is 0 Å². The Bertz CT molecular complexity index is 5110. The molecule has 10 aromatic carbocycles. The van der Waals surface area contributed by atoms with E-state index in [4.69, 9.17) is 0 Å². The smallest absolute Gasteiger partial charge is 0.308 e. The van der Waals surface area contributed by atoms with Gasteiger partial charge in [0.1, 0.15) is 0 Å². The number of hydrogen-bond donors (Lipinski definition) is 0. The number of hydrogen-bond acceptors (Lipinski definition) is 1. The van der Waals surface area contributed by atoms with Gasteiger partial charge < -0.3 is 9.13 Å². The highest BCUT2D eigenvalue weighted by atomic mass is 19.4. The first-order valence-electron chi connectivity index (χ1n) is 28.0. The molecule has 0 bridgehead atoms. The number of nitriles is 1. The lowest BCUT2D eigenvalue weighted by Crippen LogP contribution is -2.12. The molecule has 97 heavy (non-hydrogen) atoms. The van der Waals surface area contributed by atoms with Crippen molar-refractivity contribution >= 4 is 43.6 Å². The van der Waals surface area contributed by atoms with Crippen LogP contribution in [0.3, 0.4) is 0 Å². The number of halogens is 24. The predicted molar refractivity (Wildman–Crippen MR) is 312 cm³/mol. The van der Waals surface area contributed by atoms with Gasteiger partial charge >= 0.3 is 49.4 Å². The second-order valence-corrected chi connectivity index (χ2v) is 22.5. The summed E-state index contributed by atoms with van der Waals surface area (Å²) in [6.45, 7) is 1.36. The van der Waals surface area contributed by atoms with Crippen molar-refractivity contribution < 1.29 is 105 Å². The van der Waals surface area contributed by atoms with Crippen LogP contribution in [0.25, 0.3) is 111 Å². The minimum Gasteiger partial charge on any atom is -0.308 e. The van der Waals surface area contributed by atoms with E-state index in [0.717, 1.165) is 91.0 Å². The summed E-state index contributed by atoms with van der Waals surface area (Å²) in [7, 11) is 0. The molecule has 0 aliphatic rings. The Morgan fingerprint density at radius 1 is 0.278 bits per heavy atom. The van der Waals surface area contributed by atoms with Crippen LogP contribution in [0.15, 0.2) is 182 Å². The van der Waals surface area contributed by atoms with Gasteiger partial charge in [0.05, 0.1) is 89.6 Å². The Morgan fingerprint density at radius 2 is 0.567 bits per heavy atom. The summed E-state index contributed by atoms with van der Waals surface area (Å²) in [6.07, 6.45) is -42.6. The van der Waals surface area contributed by atoms with E-state index >= 15 is 13.2 Å². The quantitative estimate of drug-likeness (QED) is 0.146. The molecule has 12 rings (SSSR count). The average Bonchev–Trinajstić information content (AvgIpc) is 1.58. The zero-order valence-electron chi connectivity index (χ0n) is 48.2. The molecular formula is C70H33F24N3. The lowest BCUT2D eigenvalue weighted by Gasteiger charge is -2.22. The van der Waals surface area contributed by atoms with Crippen LogP contribution in [0.2, 0.25) is 0 Å². The summed E-state index contributed by atoms with van der Waals surface area (Å²) in [4.78, 5) is 0. The van der Waals surface area contributed by atoms with Crippen molar-refractivity contribution in [1.82, 2.24) is 9.13 Å². The third-order valence-corrected chi connectivity index (χ3v) is 16.4. The molecule has 0 fully saturated rings. The van der Waals surface area contributed by atoms with Crippen LogP contribution in [0.5, 0.6) is 0 Å². The number of aryl methyl sites for hydroxylation is 1. The monoisotopic (exact) mass is 1370 g/mol. The standard InChI is InChI=1S/C70H33F24N3/c1-33-5-13-44(52(21-33)67(83,84)85)35-6-17-56-48(25-35)49-26-36(45-14-10-41(64(74,75)76)29-53(45)68(86,87)88)7-18-57(49)96(56)60-22-34(32-95)23-61(62(60)39-3-2-4-40(24-39)63(71,72)73)97-58-19-8-37(46-15-11-42(65(77,78)79)30-54(46)69(89,90)91)27-50(58)51-28-38(9-20-59(51)97)47-16-12-43(66(80,81)82)31-55(47)70(92,93)94/h2-31H,1H3. The molecule has 12 aromatic rings. The fraction of sp³-hybridized carbons (Fsp3) is 0.129. The fourth-order valence-corrected chi connectivity index (χ4v) is 12.2.